The van der Waals surface area contributed by atoms with Gasteiger partial charge >= 0.3 is 0 Å². The van der Waals surface area contributed by atoms with Gasteiger partial charge in [0.15, 0.2) is 6.61 Å². The quantitative estimate of drug-likeness (QED) is 0.612. The highest BCUT2D eigenvalue weighted by atomic mass is 16.6. The molecule has 1 N–H and O–H groups in total. The van der Waals surface area contributed by atoms with Crippen molar-refractivity contribution in [2.45, 2.75) is 6.54 Å². The highest BCUT2D eigenvalue weighted by molar-refractivity contribution is 5.80. The lowest BCUT2D eigenvalue weighted by Crippen LogP contribution is -2.36. The third-order valence-electron chi connectivity index (χ3n) is 4.07. The zero-order valence-electron chi connectivity index (χ0n) is 14.6. The number of morpholine rings is 1. The average Bonchev–Trinajstić information content (AvgIpc) is 2.71. The van der Waals surface area contributed by atoms with Crippen LogP contribution in [0.5, 0.6) is 0 Å². The third kappa shape index (κ3) is 5.60. The van der Waals surface area contributed by atoms with E-state index in [2.05, 4.69) is 27.5 Å². The van der Waals surface area contributed by atoms with Gasteiger partial charge in [-0.2, -0.15) is 0 Å². The van der Waals surface area contributed by atoms with Gasteiger partial charge < -0.3 is 19.8 Å². The maximum atomic E-state index is 11.7. The molecule has 6 nitrogen and oxygen atoms in total. The molecule has 26 heavy (non-hydrogen) atoms. The molecule has 2 aromatic carbocycles. The molecule has 0 bridgehead atoms. The molecule has 3 rings (SSSR count). The standard InChI is InChI=1S/C20H23N3O3/c24-20(21-14-17-4-2-1-3-5-17)16-26-22-15-18-6-8-19(9-7-18)23-10-12-25-13-11-23/h1-9,15H,10-14,16H2,(H,21,24). The van der Waals surface area contributed by atoms with Gasteiger partial charge in [-0.3, -0.25) is 4.79 Å². The van der Waals surface area contributed by atoms with Crippen LogP contribution in [0.2, 0.25) is 0 Å². The van der Waals surface area contributed by atoms with E-state index in [1.54, 1.807) is 6.21 Å². The van der Waals surface area contributed by atoms with Crippen LogP contribution in [0.3, 0.4) is 0 Å². The normalized spacial score (nSPS) is 14.4. The third-order valence-corrected chi connectivity index (χ3v) is 4.07. The van der Waals surface area contributed by atoms with Crippen LogP contribution in [0.4, 0.5) is 5.69 Å². The van der Waals surface area contributed by atoms with Crippen LogP contribution < -0.4 is 10.2 Å². The molecule has 0 saturated carbocycles. The molecule has 1 fully saturated rings. The maximum absolute atomic E-state index is 11.7. The van der Waals surface area contributed by atoms with E-state index >= 15 is 0 Å². The van der Waals surface area contributed by atoms with Crippen molar-refractivity contribution < 1.29 is 14.4 Å². The second kappa shape index (κ2) is 9.58. The van der Waals surface area contributed by atoms with E-state index < -0.39 is 0 Å². The predicted molar refractivity (Wildman–Crippen MR) is 101 cm³/mol. The topological polar surface area (TPSA) is 63.2 Å². The Labute approximate surface area is 153 Å². The van der Waals surface area contributed by atoms with Crippen LogP contribution in [0.25, 0.3) is 0 Å². The molecule has 0 aromatic heterocycles. The molecule has 0 radical (unpaired) electrons. The number of rotatable bonds is 7. The lowest BCUT2D eigenvalue weighted by Gasteiger charge is -2.28. The molecule has 0 unspecified atom stereocenters. The highest BCUT2D eigenvalue weighted by Gasteiger charge is 2.10. The average molecular weight is 353 g/mol. The Bertz CT molecular complexity index is 711. The SMILES string of the molecule is O=C(CON=Cc1ccc(N2CCOCC2)cc1)NCc1ccccc1. The van der Waals surface area contributed by atoms with Gasteiger partial charge in [-0.1, -0.05) is 47.6 Å². The highest BCUT2D eigenvalue weighted by Crippen LogP contribution is 2.15. The van der Waals surface area contributed by atoms with Crippen LogP contribution >= 0.6 is 0 Å². The Hall–Kier alpha value is -2.86. The lowest BCUT2D eigenvalue weighted by atomic mass is 10.2. The number of carbonyl (C=O) groups excluding carboxylic acids is 1. The molecule has 0 atom stereocenters. The fraction of sp³-hybridized carbons (Fsp3) is 0.300. The minimum Gasteiger partial charge on any atom is -0.386 e. The smallest absolute Gasteiger partial charge is 0.261 e. The molecule has 0 aliphatic carbocycles. The van der Waals surface area contributed by atoms with Gasteiger partial charge in [-0.25, -0.2) is 0 Å². The number of anilines is 1. The summed E-state index contributed by atoms with van der Waals surface area (Å²) in [4.78, 5) is 19.1. The minimum absolute atomic E-state index is 0.102. The zero-order valence-corrected chi connectivity index (χ0v) is 14.6. The minimum atomic E-state index is -0.200. The van der Waals surface area contributed by atoms with Crippen molar-refractivity contribution in [3.8, 4) is 0 Å². The summed E-state index contributed by atoms with van der Waals surface area (Å²) in [6.07, 6.45) is 1.60. The summed E-state index contributed by atoms with van der Waals surface area (Å²) < 4.78 is 5.36. The summed E-state index contributed by atoms with van der Waals surface area (Å²) in [5.41, 5.74) is 3.14. The molecule has 1 saturated heterocycles. The largest absolute Gasteiger partial charge is 0.386 e. The van der Waals surface area contributed by atoms with Crippen LogP contribution in [0.15, 0.2) is 59.8 Å². The summed E-state index contributed by atoms with van der Waals surface area (Å²) in [5, 5.41) is 6.65. The molecular weight excluding hydrogens is 330 g/mol. The van der Waals surface area contributed by atoms with Crippen LogP contribution in [0.1, 0.15) is 11.1 Å². The second-order valence-electron chi connectivity index (χ2n) is 5.96. The fourth-order valence-electron chi connectivity index (χ4n) is 2.63. The summed E-state index contributed by atoms with van der Waals surface area (Å²) in [7, 11) is 0. The molecule has 6 heteroatoms. The van der Waals surface area contributed by atoms with Gasteiger partial charge in [0.05, 0.1) is 19.4 Å². The Balaban J connectivity index is 1.38. The molecule has 1 amide bonds. The van der Waals surface area contributed by atoms with Gasteiger partial charge in [-0.15, -0.1) is 0 Å². The van der Waals surface area contributed by atoms with Gasteiger partial charge in [-0.05, 0) is 23.3 Å². The molecule has 1 aliphatic heterocycles. The van der Waals surface area contributed by atoms with E-state index in [9.17, 15) is 4.79 Å². The van der Waals surface area contributed by atoms with E-state index in [1.165, 1.54) is 5.69 Å². The predicted octanol–water partition coefficient (Wildman–Crippen LogP) is 2.19. The molecular formula is C20H23N3O3. The molecule has 1 heterocycles. The maximum Gasteiger partial charge on any atom is 0.261 e. The van der Waals surface area contributed by atoms with Gasteiger partial charge in [0.25, 0.3) is 5.91 Å². The number of nitrogens with zero attached hydrogens (tertiary/aromatic N) is 2. The van der Waals surface area contributed by atoms with Crippen LogP contribution in [-0.4, -0.2) is 45.0 Å². The molecule has 2 aromatic rings. The lowest BCUT2D eigenvalue weighted by molar-refractivity contribution is -0.125. The number of hydrogen-bond acceptors (Lipinski definition) is 5. The molecule has 0 spiro atoms. The Morgan fingerprint density at radius 1 is 1.12 bits per heavy atom. The summed E-state index contributed by atoms with van der Waals surface area (Å²) in [6.45, 7) is 3.74. The van der Waals surface area contributed by atoms with E-state index in [4.69, 9.17) is 9.57 Å². The summed E-state index contributed by atoms with van der Waals surface area (Å²) in [6, 6.07) is 17.8. The number of carbonyl (C=O) groups is 1. The summed E-state index contributed by atoms with van der Waals surface area (Å²) in [5.74, 6) is -0.200. The van der Waals surface area contributed by atoms with E-state index in [0.29, 0.717) is 6.54 Å². The zero-order chi connectivity index (χ0) is 18.0. The Morgan fingerprint density at radius 3 is 2.58 bits per heavy atom. The number of amides is 1. The van der Waals surface area contributed by atoms with Gasteiger partial charge in [0.2, 0.25) is 0 Å². The van der Waals surface area contributed by atoms with Crippen molar-refractivity contribution in [2.75, 3.05) is 37.8 Å². The van der Waals surface area contributed by atoms with Crippen molar-refractivity contribution in [2.24, 2.45) is 5.16 Å². The number of ether oxygens (including phenoxy) is 1. The van der Waals surface area contributed by atoms with E-state index in [1.807, 2.05) is 42.5 Å². The first-order chi connectivity index (χ1) is 12.8. The first-order valence-corrected chi connectivity index (χ1v) is 8.70. The Kier molecular flexibility index (Phi) is 6.61. The van der Waals surface area contributed by atoms with E-state index in [-0.39, 0.29) is 12.5 Å². The molecule has 1 aliphatic rings. The van der Waals surface area contributed by atoms with Crippen molar-refractivity contribution in [1.29, 1.82) is 0 Å². The second-order valence-corrected chi connectivity index (χ2v) is 5.96. The number of hydrogen-bond donors (Lipinski definition) is 1. The number of nitrogens with one attached hydrogen (secondary N) is 1. The van der Waals surface area contributed by atoms with Crippen LogP contribution in [-0.2, 0) is 20.9 Å². The first-order valence-electron chi connectivity index (χ1n) is 8.70. The van der Waals surface area contributed by atoms with Crippen molar-refractivity contribution in [1.82, 2.24) is 5.32 Å². The van der Waals surface area contributed by atoms with Crippen molar-refractivity contribution in [3.05, 3.63) is 65.7 Å². The van der Waals surface area contributed by atoms with Crippen molar-refractivity contribution in [3.63, 3.8) is 0 Å². The number of oxime groups is 1. The number of benzene rings is 2. The first kappa shape index (κ1) is 17.9. The van der Waals surface area contributed by atoms with Gasteiger partial charge in [0.1, 0.15) is 0 Å². The summed E-state index contributed by atoms with van der Waals surface area (Å²) >= 11 is 0. The molecule has 136 valence electrons. The van der Waals surface area contributed by atoms with Crippen molar-refractivity contribution >= 4 is 17.8 Å². The Morgan fingerprint density at radius 2 is 1.85 bits per heavy atom. The van der Waals surface area contributed by atoms with E-state index in [0.717, 1.165) is 37.4 Å². The van der Waals surface area contributed by atoms with Crippen LogP contribution in [0, 0.1) is 0 Å². The van der Waals surface area contributed by atoms with Gasteiger partial charge in [0, 0.05) is 25.3 Å². The fourth-order valence-corrected chi connectivity index (χ4v) is 2.63. The monoisotopic (exact) mass is 353 g/mol.